The van der Waals surface area contributed by atoms with Crippen molar-refractivity contribution in [2.24, 2.45) is 5.92 Å². The van der Waals surface area contributed by atoms with Crippen LogP contribution in [0.2, 0.25) is 0 Å². The second-order valence-electron chi connectivity index (χ2n) is 7.03. The minimum absolute atomic E-state index is 0.0739. The van der Waals surface area contributed by atoms with Gasteiger partial charge < -0.3 is 5.32 Å². The maximum atomic E-state index is 12.5. The molecule has 0 aromatic heterocycles. The Morgan fingerprint density at radius 3 is 2.15 bits per heavy atom. The molecule has 130 valence electrons. The van der Waals surface area contributed by atoms with Crippen LogP contribution in [0, 0.1) is 5.92 Å². The topological polar surface area (TPSA) is 29.1 Å². The number of anilines is 1. The Hall–Kier alpha value is -2.87. The molecule has 0 bridgehead atoms. The highest BCUT2D eigenvalue weighted by molar-refractivity contribution is 6.04. The van der Waals surface area contributed by atoms with Gasteiger partial charge in [0.15, 0.2) is 0 Å². The molecule has 0 radical (unpaired) electrons. The largest absolute Gasteiger partial charge is 0.322 e. The van der Waals surface area contributed by atoms with E-state index in [1.807, 2.05) is 54.6 Å². The smallest absolute Gasteiger partial charge is 0.255 e. The lowest BCUT2D eigenvalue weighted by molar-refractivity contribution is 0.102. The van der Waals surface area contributed by atoms with Crippen LogP contribution >= 0.6 is 0 Å². The van der Waals surface area contributed by atoms with Gasteiger partial charge in [0, 0.05) is 11.3 Å². The van der Waals surface area contributed by atoms with E-state index in [-0.39, 0.29) is 5.91 Å². The zero-order valence-corrected chi connectivity index (χ0v) is 15.0. The highest BCUT2D eigenvalue weighted by Gasteiger charge is 2.36. The Morgan fingerprint density at radius 1 is 0.885 bits per heavy atom. The summed E-state index contributed by atoms with van der Waals surface area (Å²) in [6.45, 7) is 2.25. The number of amides is 1. The van der Waals surface area contributed by atoms with Crippen LogP contribution < -0.4 is 5.32 Å². The van der Waals surface area contributed by atoms with Crippen molar-refractivity contribution < 1.29 is 4.79 Å². The van der Waals surface area contributed by atoms with E-state index in [0.717, 1.165) is 28.7 Å². The van der Waals surface area contributed by atoms with Crippen molar-refractivity contribution in [1.82, 2.24) is 0 Å². The highest BCUT2D eigenvalue weighted by Crippen LogP contribution is 2.49. The summed E-state index contributed by atoms with van der Waals surface area (Å²) in [7, 11) is 0. The van der Waals surface area contributed by atoms with E-state index in [4.69, 9.17) is 0 Å². The fourth-order valence-corrected chi connectivity index (χ4v) is 3.57. The summed E-state index contributed by atoms with van der Waals surface area (Å²) in [5.41, 5.74) is 5.17. The van der Waals surface area contributed by atoms with Crippen molar-refractivity contribution >= 4 is 11.6 Å². The van der Waals surface area contributed by atoms with Crippen molar-refractivity contribution in [3.63, 3.8) is 0 Å². The van der Waals surface area contributed by atoms with Crippen molar-refractivity contribution in [2.75, 3.05) is 5.32 Å². The molecule has 2 nitrogen and oxygen atoms in total. The highest BCUT2D eigenvalue weighted by atomic mass is 16.1. The van der Waals surface area contributed by atoms with Crippen LogP contribution in [-0.2, 0) is 0 Å². The third-order valence-electron chi connectivity index (χ3n) is 5.30. The Kier molecular flexibility index (Phi) is 4.57. The Labute approximate surface area is 154 Å². The maximum absolute atomic E-state index is 12.5. The molecule has 1 amide bonds. The Balaban J connectivity index is 1.41. The van der Waals surface area contributed by atoms with Gasteiger partial charge in [-0.05, 0) is 59.2 Å². The van der Waals surface area contributed by atoms with Crippen LogP contribution in [0.3, 0.4) is 0 Å². The molecule has 3 aromatic rings. The first kappa shape index (κ1) is 16.6. The lowest BCUT2D eigenvalue weighted by Crippen LogP contribution is -2.11. The van der Waals surface area contributed by atoms with Gasteiger partial charge in [-0.15, -0.1) is 0 Å². The van der Waals surface area contributed by atoms with E-state index >= 15 is 0 Å². The first-order valence-electron chi connectivity index (χ1n) is 9.31. The van der Waals surface area contributed by atoms with Crippen LogP contribution in [0.1, 0.15) is 41.6 Å². The van der Waals surface area contributed by atoms with E-state index in [2.05, 4.69) is 36.5 Å². The van der Waals surface area contributed by atoms with Crippen molar-refractivity contribution in [3.05, 3.63) is 90.0 Å². The molecule has 2 heteroatoms. The molecule has 3 aromatic carbocycles. The van der Waals surface area contributed by atoms with Gasteiger partial charge in [0.2, 0.25) is 0 Å². The normalized spacial score (nSPS) is 18.3. The van der Waals surface area contributed by atoms with Crippen molar-refractivity contribution in [1.29, 1.82) is 0 Å². The number of carbonyl (C=O) groups is 1. The Bertz CT molecular complexity index is 882. The molecule has 4 rings (SSSR count). The average Bonchev–Trinajstić information content (AvgIpc) is 3.49. The third-order valence-corrected chi connectivity index (χ3v) is 5.30. The minimum atomic E-state index is -0.0739. The van der Waals surface area contributed by atoms with Gasteiger partial charge in [0.05, 0.1) is 0 Å². The molecule has 1 N–H and O–H groups in total. The number of benzene rings is 3. The fraction of sp³-hybridized carbons (Fsp3) is 0.208. The summed E-state index contributed by atoms with van der Waals surface area (Å²) in [4.78, 5) is 12.5. The van der Waals surface area contributed by atoms with Gasteiger partial charge in [0.25, 0.3) is 5.91 Å². The third kappa shape index (κ3) is 3.55. The first-order valence-corrected chi connectivity index (χ1v) is 9.31. The van der Waals surface area contributed by atoms with Gasteiger partial charge in [-0.1, -0.05) is 67.9 Å². The quantitative estimate of drug-likeness (QED) is 0.595. The summed E-state index contributed by atoms with van der Waals surface area (Å²) in [5.74, 6) is 1.49. The predicted octanol–water partition coefficient (Wildman–Crippen LogP) is 6.12. The van der Waals surface area contributed by atoms with E-state index < -0.39 is 0 Å². The number of carbonyl (C=O) groups excluding carboxylic acids is 1. The van der Waals surface area contributed by atoms with Crippen LogP contribution in [0.5, 0.6) is 0 Å². The summed E-state index contributed by atoms with van der Waals surface area (Å²) in [6.07, 6.45) is 2.55. The van der Waals surface area contributed by atoms with Crippen LogP contribution in [0.4, 0.5) is 5.69 Å². The van der Waals surface area contributed by atoms with E-state index in [1.54, 1.807) is 0 Å². The molecule has 1 aliphatic rings. The van der Waals surface area contributed by atoms with Crippen LogP contribution in [-0.4, -0.2) is 5.91 Å². The van der Waals surface area contributed by atoms with Crippen molar-refractivity contribution in [2.45, 2.75) is 25.7 Å². The number of rotatable bonds is 5. The van der Waals surface area contributed by atoms with Gasteiger partial charge in [-0.3, -0.25) is 4.79 Å². The van der Waals surface area contributed by atoms with Gasteiger partial charge >= 0.3 is 0 Å². The van der Waals surface area contributed by atoms with Gasteiger partial charge in [0.1, 0.15) is 0 Å². The summed E-state index contributed by atoms with van der Waals surface area (Å²) in [5, 5.41) is 2.99. The molecule has 26 heavy (non-hydrogen) atoms. The second-order valence-corrected chi connectivity index (χ2v) is 7.03. The number of hydrogen-bond donors (Lipinski definition) is 1. The molecule has 0 aliphatic heterocycles. The zero-order valence-electron chi connectivity index (χ0n) is 15.0. The Morgan fingerprint density at radius 2 is 1.54 bits per heavy atom. The first-order chi connectivity index (χ1) is 12.7. The predicted molar refractivity (Wildman–Crippen MR) is 107 cm³/mol. The number of nitrogens with one attached hydrogen (secondary N) is 1. The molecule has 2 atom stereocenters. The molecule has 1 aliphatic carbocycles. The lowest BCUT2D eigenvalue weighted by Gasteiger charge is -2.08. The zero-order chi connectivity index (χ0) is 17.9. The van der Waals surface area contributed by atoms with E-state index in [0.29, 0.717) is 5.56 Å². The van der Waals surface area contributed by atoms with Crippen LogP contribution in [0.25, 0.3) is 11.1 Å². The summed E-state index contributed by atoms with van der Waals surface area (Å²) >= 11 is 0. The summed E-state index contributed by atoms with van der Waals surface area (Å²) < 4.78 is 0. The molecule has 0 heterocycles. The number of hydrogen-bond acceptors (Lipinski definition) is 1. The molecule has 1 saturated carbocycles. The van der Waals surface area contributed by atoms with E-state index in [1.165, 1.54) is 18.4 Å². The lowest BCUT2D eigenvalue weighted by atomic mass is 10.0. The van der Waals surface area contributed by atoms with Crippen molar-refractivity contribution in [3.8, 4) is 11.1 Å². The summed E-state index contributed by atoms with van der Waals surface area (Å²) in [6, 6.07) is 26.2. The molecule has 2 unspecified atom stereocenters. The van der Waals surface area contributed by atoms with Crippen LogP contribution in [0.15, 0.2) is 78.9 Å². The molecular weight excluding hydrogens is 318 g/mol. The minimum Gasteiger partial charge on any atom is -0.322 e. The van der Waals surface area contributed by atoms with E-state index in [9.17, 15) is 4.79 Å². The van der Waals surface area contributed by atoms with Gasteiger partial charge in [-0.25, -0.2) is 0 Å². The molecular formula is C24H23NO. The maximum Gasteiger partial charge on any atom is 0.255 e. The molecule has 0 spiro atoms. The SMILES string of the molecule is CCC1CC1c1ccc(NC(=O)c2ccc(-c3ccccc3)cc2)cc1. The standard InChI is InChI=1S/C24H23NO/c1-2-17-16-23(17)20-12-14-22(15-13-20)25-24(26)21-10-8-19(9-11-21)18-6-4-3-5-7-18/h3-15,17,23H,2,16H2,1H3,(H,25,26). The monoisotopic (exact) mass is 341 g/mol. The van der Waals surface area contributed by atoms with Gasteiger partial charge in [-0.2, -0.15) is 0 Å². The molecule has 0 saturated heterocycles. The fourth-order valence-electron chi connectivity index (χ4n) is 3.57. The molecule has 1 fully saturated rings. The average molecular weight is 341 g/mol. The second kappa shape index (κ2) is 7.17.